The van der Waals surface area contributed by atoms with E-state index in [1.165, 1.54) is 0 Å². The number of pyridine rings is 1. The molecule has 8 heteroatoms. The maximum atomic E-state index is 12.5. The molecule has 0 aliphatic heterocycles. The van der Waals surface area contributed by atoms with Gasteiger partial charge in [-0.05, 0) is 0 Å². The summed E-state index contributed by atoms with van der Waals surface area (Å²) in [7, 11) is 0. The van der Waals surface area contributed by atoms with Crippen molar-refractivity contribution in [2.24, 2.45) is 0 Å². The Hall–Kier alpha value is -0.620. The van der Waals surface area contributed by atoms with Gasteiger partial charge >= 0.3 is 6.18 Å². The van der Waals surface area contributed by atoms with Gasteiger partial charge in [-0.25, -0.2) is 8.78 Å². The van der Waals surface area contributed by atoms with Gasteiger partial charge in [-0.2, -0.15) is 13.2 Å². The first kappa shape index (κ1) is 13.4. The van der Waals surface area contributed by atoms with E-state index < -0.39 is 40.3 Å². The van der Waals surface area contributed by atoms with E-state index in [0.717, 1.165) is 6.20 Å². The van der Waals surface area contributed by atoms with Gasteiger partial charge in [0.15, 0.2) is 0 Å². The van der Waals surface area contributed by atoms with Gasteiger partial charge in [0.2, 0.25) is 0 Å². The third-order valence-corrected chi connectivity index (χ3v) is 2.33. The Morgan fingerprint density at radius 1 is 1.31 bits per heavy atom. The quantitative estimate of drug-likeness (QED) is 0.576. The number of hydrogen-bond acceptors (Lipinski definition) is 1. The summed E-state index contributed by atoms with van der Waals surface area (Å²) in [6, 6.07) is 0. The number of alkyl halides is 6. The summed E-state index contributed by atoms with van der Waals surface area (Å²) in [5.41, 5.74) is -3.49. The van der Waals surface area contributed by atoms with Crippen LogP contribution in [0.4, 0.5) is 22.0 Å². The summed E-state index contributed by atoms with van der Waals surface area (Å²) < 4.78 is 62.6. The van der Waals surface area contributed by atoms with Crippen molar-refractivity contribution in [1.29, 1.82) is 0 Å². The Kier molecular flexibility index (Phi) is 3.96. The largest absolute Gasteiger partial charge is 0.418 e. The van der Waals surface area contributed by atoms with E-state index in [0.29, 0.717) is 0 Å². The molecule has 0 saturated heterocycles. The van der Waals surface area contributed by atoms with Gasteiger partial charge in [0.25, 0.3) is 6.43 Å². The molecule has 1 nitrogen and oxygen atoms in total. The van der Waals surface area contributed by atoms with Crippen LogP contribution in [-0.2, 0) is 12.1 Å². The van der Waals surface area contributed by atoms with E-state index in [-0.39, 0.29) is 0 Å². The summed E-state index contributed by atoms with van der Waals surface area (Å²) in [5.74, 6) is -0.619. The van der Waals surface area contributed by atoms with Crippen LogP contribution in [0.2, 0.25) is 5.02 Å². The molecule has 0 atom stereocenters. The Balaban J connectivity index is 3.56. The molecule has 90 valence electrons. The Morgan fingerprint density at radius 2 is 1.88 bits per heavy atom. The fraction of sp³-hybridized carbons (Fsp3) is 0.375. The van der Waals surface area contributed by atoms with Crippen molar-refractivity contribution in [2.45, 2.75) is 18.5 Å². The van der Waals surface area contributed by atoms with Gasteiger partial charge in [-0.15, -0.1) is 11.6 Å². The normalized spacial score (nSPS) is 12.2. The number of halogens is 7. The molecular weight excluding hydrogens is 276 g/mol. The van der Waals surface area contributed by atoms with Crippen molar-refractivity contribution in [2.75, 3.05) is 0 Å². The summed E-state index contributed by atoms with van der Waals surface area (Å²) in [6.07, 6.45) is -7.57. The van der Waals surface area contributed by atoms with Crippen LogP contribution in [0.5, 0.6) is 0 Å². The second kappa shape index (κ2) is 4.71. The molecule has 1 heterocycles. The van der Waals surface area contributed by atoms with E-state index in [4.69, 9.17) is 23.2 Å². The van der Waals surface area contributed by atoms with E-state index in [1.54, 1.807) is 0 Å². The van der Waals surface area contributed by atoms with Gasteiger partial charge < -0.3 is 0 Å². The molecule has 0 amide bonds. The molecule has 0 saturated carbocycles. The zero-order valence-electron chi connectivity index (χ0n) is 7.45. The molecule has 0 aromatic carbocycles. The first-order valence-corrected chi connectivity index (χ1v) is 4.78. The smallest absolute Gasteiger partial charge is 0.258 e. The number of aromatic nitrogens is 1. The first-order chi connectivity index (χ1) is 7.29. The maximum absolute atomic E-state index is 12.5. The van der Waals surface area contributed by atoms with Crippen molar-refractivity contribution in [3.8, 4) is 0 Å². The van der Waals surface area contributed by atoms with Crippen LogP contribution in [0.1, 0.15) is 23.2 Å². The predicted octanol–water partition coefficient (Wildman–Crippen LogP) is 4.43. The van der Waals surface area contributed by atoms with Gasteiger partial charge in [0.1, 0.15) is 0 Å². The number of rotatable bonds is 2. The van der Waals surface area contributed by atoms with Gasteiger partial charge in [0, 0.05) is 6.20 Å². The molecule has 0 unspecified atom stereocenters. The highest BCUT2D eigenvalue weighted by molar-refractivity contribution is 6.31. The Labute approximate surface area is 97.2 Å². The van der Waals surface area contributed by atoms with E-state index in [9.17, 15) is 22.0 Å². The van der Waals surface area contributed by atoms with Crippen molar-refractivity contribution in [3.05, 3.63) is 28.0 Å². The van der Waals surface area contributed by atoms with Crippen LogP contribution in [0.15, 0.2) is 6.20 Å². The van der Waals surface area contributed by atoms with Crippen molar-refractivity contribution in [3.63, 3.8) is 0 Å². The molecule has 0 fully saturated rings. The van der Waals surface area contributed by atoms with Crippen LogP contribution in [0, 0.1) is 0 Å². The van der Waals surface area contributed by atoms with Crippen LogP contribution in [-0.4, -0.2) is 4.98 Å². The first-order valence-electron chi connectivity index (χ1n) is 3.87. The molecule has 0 bridgehead atoms. The zero-order valence-corrected chi connectivity index (χ0v) is 8.97. The molecule has 0 aliphatic carbocycles. The second-order valence-electron chi connectivity index (χ2n) is 2.77. The third kappa shape index (κ3) is 2.55. The third-order valence-electron chi connectivity index (χ3n) is 1.78. The molecule has 0 spiro atoms. The Morgan fingerprint density at radius 3 is 2.25 bits per heavy atom. The Bertz CT molecular complexity index is 391. The fourth-order valence-electron chi connectivity index (χ4n) is 1.17. The van der Waals surface area contributed by atoms with Gasteiger partial charge in [0.05, 0.1) is 27.7 Å². The summed E-state index contributed by atoms with van der Waals surface area (Å²) in [6.45, 7) is 0. The van der Waals surface area contributed by atoms with Gasteiger partial charge in [-0.1, -0.05) is 11.6 Å². The molecule has 0 radical (unpaired) electrons. The fourth-order valence-corrected chi connectivity index (χ4v) is 1.60. The van der Waals surface area contributed by atoms with Crippen molar-refractivity contribution >= 4 is 23.2 Å². The lowest BCUT2D eigenvalue weighted by Gasteiger charge is -2.16. The zero-order chi connectivity index (χ0) is 12.5. The monoisotopic (exact) mass is 279 g/mol. The molecule has 0 N–H and O–H groups in total. The lowest BCUT2D eigenvalue weighted by Crippen LogP contribution is -2.14. The summed E-state index contributed by atoms with van der Waals surface area (Å²) in [4.78, 5) is 3.29. The van der Waals surface area contributed by atoms with Crippen LogP contribution in [0.3, 0.4) is 0 Å². The molecule has 1 rings (SSSR count). The lowest BCUT2D eigenvalue weighted by atomic mass is 10.1. The summed E-state index contributed by atoms with van der Waals surface area (Å²) in [5, 5.41) is -0.726. The molecule has 0 aliphatic rings. The maximum Gasteiger partial charge on any atom is 0.418 e. The van der Waals surface area contributed by atoms with E-state index in [2.05, 4.69) is 4.98 Å². The second-order valence-corrected chi connectivity index (χ2v) is 3.45. The van der Waals surface area contributed by atoms with Crippen molar-refractivity contribution in [1.82, 2.24) is 4.98 Å². The van der Waals surface area contributed by atoms with Crippen LogP contribution < -0.4 is 0 Å². The van der Waals surface area contributed by atoms with Crippen molar-refractivity contribution < 1.29 is 22.0 Å². The number of hydrogen-bond donors (Lipinski definition) is 0. The highest BCUT2D eigenvalue weighted by atomic mass is 35.5. The standard InChI is InChI=1S/C8H4Cl2F5N/c9-1-4-6(8(13,14)15)5(7(11)12)3(10)2-16-4/h2,7H,1H2. The SMILES string of the molecule is FC(F)c1c(Cl)cnc(CCl)c1C(F)(F)F. The summed E-state index contributed by atoms with van der Waals surface area (Å²) >= 11 is 10.5. The molecular formula is C8H4Cl2F5N. The number of nitrogens with zero attached hydrogens (tertiary/aromatic N) is 1. The molecule has 1 aromatic heterocycles. The van der Waals surface area contributed by atoms with Gasteiger partial charge in [-0.3, -0.25) is 4.98 Å². The minimum atomic E-state index is -4.96. The highest BCUT2D eigenvalue weighted by Gasteiger charge is 2.40. The van der Waals surface area contributed by atoms with E-state index >= 15 is 0 Å². The highest BCUT2D eigenvalue weighted by Crippen LogP contribution is 2.41. The average molecular weight is 280 g/mol. The van der Waals surface area contributed by atoms with E-state index in [1.807, 2.05) is 0 Å². The molecule has 16 heavy (non-hydrogen) atoms. The minimum Gasteiger partial charge on any atom is -0.258 e. The van der Waals surface area contributed by atoms with Crippen LogP contribution >= 0.6 is 23.2 Å². The minimum absolute atomic E-state index is 0.619. The predicted molar refractivity (Wildman–Crippen MR) is 48.8 cm³/mol. The molecule has 1 aromatic rings. The van der Waals surface area contributed by atoms with Crippen LogP contribution in [0.25, 0.3) is 0 Å². The lowest BCUT2D eigenvalue weighted by molar-refractivity contribution is -0.140. The average Bonchev–Trinajstić information content (AvgIpc) is 2.15. The topological polar surface area (TPSA) is 12.9 Å².